The molecule has 2 atom stereocenters. The summed E-state index contributed by atoms with van der Waals surface area (Å²) in [6, 6.07) is 3.16. The molecular weight excluding hydrogens is 264 g/mol. The fourth-order valence-corrected chi connectivity index (χ4v) is 3.59. The van der Waals surface area contributed by atoms with E-state index in [0.717, 1.165) is 25.2 Å². The molecule has 0 saturated heterocycles. The number of pyridine rings is 1. The van der Waals surface area contributed by atoms with Gasteiger partial charge in [0.15, 0.2) is 0 Å². The van der Waals surface area contributed by atoms with Crippen LogP contribution in [-0.4, -0.2) is 17.3 Å². The van der Waals surface area contributed by atoms with Gasteiger partial charge in [0.2, 0.25) is 0 Å². The van der Waals surface area contributed by atoms with Crippen molar-refractivity contribution in [1.82, 2.24) is 4.57 Å². The summed E-state index contributed by atoms with van der Waals surface area (Å²) in [5, 5.41) is 0. The van der Waals surface area contributed by atoms with Gasteiger partial charge in [-0.05, 0) is 43.1 Å². The number of nitrogen functional groups attached to an aromatic ring is 1. The Hall–Kier alpha value is -1.29. The normalized spacial score (nSPS) is 24.9. The number of ether oxygens (including phenoxy) is 1. The molecule has 0 aliphatic heterocycles. The molecule has 1 aliphatic rings. The molecule has 1 aromatic heterocycles. The average molecular weight is 292 g/mol. The standard InChI is InChI=1S/C17H28N2O2/c1-13-9-15(11-17(2,3)10-13)21-8-4-7-19-12-14(18)5-6-16(19)20/h5-6,12-13,15H,4,7-11,18H2,1-3H3. The smallest absolute Gasteiger partial charge is 0.250 e. The van der Waals surface area contributed by atoms with Crippen molar-refractivity contribution >= 4 is 5.69 Å². The molecule has 2 unspecified atom stereocenters. The van der Waals surface area contributed by atoms with Crippen LogP contribution >= 0.6 is 0 Å². The summed E-state index contributed by atoms with van der Waals surface area (Å²) in [5.41, 5.74) is 6.71. The van der Waals surface area contributed by atoms with Gasteiger partial charge >= 0.3 is 0 Å². The van der Waals surface area contributed by atoms with Crippen LogP contribution in [-0.2, 0) is 11.3 Å². The minimum atomic E-state index is -0.00313. The summed E-state index contributed by atoms with van der Waals surface area (Å²) in [4.78, 5) is 11.7. The molecule has 1 heterocycles. The second-order valence-electron chi connectivity index (χ2n) is 7.25. The van der Waals surface area contributed by atoms with Crippen molar-refractivity contribution in [1.29, 1.82) is 0 Å². The third-order valence-corrected chi connectivity index (χ3v) is 4.25. The van der Waals surface area contributed by atoms with E-state index in [9.17, 15) is 4.79 Å². The molecule has 118 valence electrons. The van der Waals surface area contributed by atoms with Gasteiger partial charge in [0.25, 0.3) is 5.56 Å². The SMILES string of the molecule is CC1CC(OCCCn2cc(N)ccc2=O)CC(C)(C)C1. The second-order valence-corrected chi connectivity index (χ2v) is 7.25. The molecule has 2 rings (SSSR count). The summed E-state index contributed by atoms with van der Waals surface area (Å²) < 4.78 is 7.69. The number of hydrogen-bond acceptors (Lipinski definition) is 3. The lowest BCUT2D eigenvalue weighted by molar-refractivity contribution is -0.0244. The Balaban J connectivity index is 1.77. The van der Waals surface area contributed by atoms with Gasteiger partial charge in [-0.25, -0.2) is 0 Å². The van der Waals surface area contributed by atoms with Crippen LogP contribution in [0.15, 0.2) is 23.1 Å². The zero-order chi connectivity index (χ0) is 15.5. The van der Waals surface area contributed by atoms with Gasteiger partial charge in [0.1, 0.15) is 0 Å². The average Bonchev–Trinajstić information content (AvgIpc) is 2.36. The quantitative estimate of drug-likeness (QED) is 0.849. The van der Waals surface area contributed by atoms with Gasteiger partial charge in [-0.3, -0.25) is 4.79 Å². The maximum absolute atomic E-state index is 11.7. The Morgan fingerprint density at radius 1 is 1.38 bits per heavy atom. The fraction of sp³-hybridized carbons (Fsp3) is 0.706. The lowest BCUT2D eigenvalue weighted by Gasteiger charge is -2.38. The molecule has 0 bridgehead atoms. The van der Waals surface area contributed by atoms with Crippen LogP contribution in [0.25, 0.3) is 0 Å². The minimum Gasteiger partial charge on any atom is -0.398 e. The second kappa shape index (κ2) is 6.65. The van der Waals surface area contributed by atoms with Gasteiger partial charge in [-0.2, -0.15) is 0 Å². The van der Waals surface area contributed by atoms with E-state index in [2.05, 4.69) is 20.8 Å². The molecule has 21 heavy (non-hydrogen) atoms. The molecular formula is C17H28N2O2. The lowest BCUT2D eigenvalue weighted by Crippen LogP contribution is -2.33. The molecule has 0 amide bonds. The van der Waals surface area contributed by atoms with E-state index in [1.807, 2.05) is 0 Å². The van der Waals surface area contributed by atoms with E-state index >= 15 is 0 Å². The van der Waals surface area contributed by atoms with E-state index in [0.29, 0.717) is 30.4 Å². The summed E-state index contributed by atoms with van der Waals surface area (Å²) in [5.74, 6) is 0.732. The third kappa shape index (κ3) is 4.88. The largest absolute Gasteiger partial charge is 0.398 e. The maximum Gasteiger partial charge on any atom is 0.250 e. The highest BCUT2D eigenvalue weighted by molar-refractivity contribution is 5.33. The monoisotopic (exact) mass is 292 g/mol. The first-order valence-corrected chi connectivity index (χ1v) is 7.93. The Morgan fingerprint density at radius 2 is 2.14 bits per heavy atom. The number of nitrogens with two attached hydrogens (primary N) is 1. The Morgan fingerprint density at radius 3 is 2.86 bits per heavy atom. The Kier molecular flexibility index (Phi) is 5.09. The van der Waals surface area contributed by atoms with Crippen molar-refractivity contribution in [2.24, 2.45) is 11.3 Å². The van der Waals surface area contributed by atoms with E-state index in [1.165, 1.54) is 12.5 Å². The Labute approximate surface area is 127 Å². The molecule has 2 N–H and O–H groups in total. The summed E-state index contributed by atoms with van der Waals surface area (Å²) >= 11 is 0. The Bertz CT molecular complexity index is 522. The fourth-order valence-electron chi connectivity index (χ4n) is 3.59. The van der Waals surface area contributed by atoms with Crippen molar-refractivity contribution in [3.8, 4) is 0 Å². The van der Waals surface area contributed by atoms with Crippen molar-refractivity contribution in [2.75, 3.05) is 12.3 Å². The maximum atomic E-state index is 11.7. The van der Waals surface area contributed by atoms with Gasteiger partial charge in [-0.15, -0.1) is 0 Å². The number of aromatic nitrogens is 1. The summed E-state index contributed by atoms with van der Waals surface area (Å²) in [6.07, 6.45) is 6.48. The lowest BCUT2D eigenvalue weighted by atomic mass is 9.71. The zero-order valence-corrected chi connectivity index (χ0v) is 13.5. The molecule has 1 aromatic rings. The van der Waals surface area contributed by atoms with Crippen LogP contribution < -0.4 is 11.3 Å². The number of aryl methyl sites for hydroxylation is 1. The van der Waals surface area contributed by atoms with Gasteiger partial charge in [-0.1, -0.05) is 20.8 Å². The van der Waals surface area contributed by atoms with Crippen molar-refractivity contribution in [3.63, 3.8) is 0 Å². The predicted octanol–water partition coefficient (Wildman–Crippen LogP) is 3.05. The van der Waals surface area contributed by atoms with E-state index in [1.54, 1.807) is 16.8 Å². The molecule has 0 spiro atoms. The summed E-state index contributed by atoms with van der Waals surface area (Å²) in [6.45, 7) is 8.32. The highest BCUT2D eigenvalue weighted by Crippen LogP contribution is 2.39. The topological polar surface area (TPSA) is 57.2 Å². The van der Waals surface area contributed by atoms with Crippen LogP contribution in [0, 0.1) is 11.3 Å². The molecule has 0 aromatic carbocycles. The van der Waals surface area contributed by atoms with Crippen molar-refractivity contribution in [3.05, 3.63) is 28.7 Å². The molecule has 0 radical (unpaired) electrons. The van der Waals surface area contributed by atoms with Crippen LogP contribution in [0.1, 0.15) is 46.5 Å². The highest BCUT2D eigenvalue weighted by Gasteiger charge is 2.32. The zero-order valence-electron chi connectivity index (χ0n) is 13.5. The van der Waals surface area contributed by atoms with Crippen LogP contribution in [0.5, 0.6) is 0 Å². The third-order valence-electron chi connectivity index (χ3n) is 4.25. The first kappa shape index (κ1) is 16.1. The van der Waals surface area contributed by atoms with Crippen molar-refractivity contribution in [2.45, 2.75) is 59.1 Å². The van der Waals surface area contributed by atoms with Crippen LogP contribution in [0.4, 0.5) is 5.69 Å². The van der Waals surface area contributed by atoms with E-state index in [-0.39, 0.29) is 5.56 Å². The molecule has 1 saturated carbocycles. The molecule has 1 fully saturated rings. The minimum absolute atomic E-state index is 0.00313. The summed E-state index contributed by atoms with van der Waals surface area (Å²) in [7, 11) is 0. The number of rotatable bonds is 5. The number of hydrogen-bond donors (Lipinski definition) is 1. The molecule has 4 nitrogen and oxygen atoms in total. The van der Waals surface area contributed by atoms with Crippen LogP contribution in [0.2, 0.25) is 0 Å². The van der Waals surface area contributed by atoms with E-state index < -0.39 is 0 Å². The van der Waals surface area contributed by atoms with Gasteiger partial charge in [0.05, 0.1) is 6.10 Å². The highest BCUT2D eigenvalue weighted by atomic mass is 16.5. The van der Waals surface area contributed by atoms with Crippen LogP contribution in [0.3, 0.4) is 0 Å². The number of anilines is 1. The van der Waals surface area contributed by atoms with E-state index in [4.69, 9.17) is 10.5 Å². The van der Waals surface area contributed by atoms with Crippen molar-refractivity contribution < 1.29 is 4.74 Å². The first-order valence-electron chi connectivity index (χ1n) is 7.93. The van der Waals surface area contributed by atoms with Gasteiger partial charge in [0, 0.05) is 31.1 Å². The number of nitrogens with zero attached hydrogens (tertiary/aromatic N) is 1. The first-order chi connectivity index (χ1) is 9.85. The molecule has 4 heteroatoms. The predicted molar refractivity (Wildman–Crippen MR) is 86.3 cm³/mol. The molecule has 1 aliphatic carbocycles. The van der Waals surface area contributed by atoms with Gasteiger partial charge < -0.3 is 15.0 Å².